The molecule has 2 unspecified atom stereocenters. The lowest BCUT2D eigenvalue weighted by molar-refractivity contribution is -0.146. The van der Waals surface area contributed by atoms with E-state index in [-0.39, 0.29) is 11.7 Å². The highest BCUT2D eigenvalue weighted by molar-refractivity contribution is 7.28. The quantitative estimate of drug-likeness (QED) is 0.280. The number of anilines is 2. The van der Waals surface area contributed by atoms with Crippen LogP contribution < -0.4 is 20.1 Å². The summed E-state index contributed by atoms with van der Waals surface area (Å²) in [6, 6.07) is 6.59. The fraction of sp³-hybridized carbons (Fsp3) is 0.304. The van der Waals surface area contributed by atoms with Crippen LogP contribution in [0.5, 0.6) is 11.5 Å². The summed E-state index contributed by atoms with van der Waals surface area (Å²) in [5.41, 5.74) is 2.18. The van der Waals surface area contributed by atoms with E-state index < -0.39 is 12.0 Å². The molecule has 0 radical (unpaired) electrons. The SMILES string of the molecule is COC(=O)C(C)N(C)Cc1cc(P)c(Cl)cc1Nc1ncnc2cc(OC)c(OC(C)=O)cc12. The van der Waals surface area contributed by atoms with Gasteiger partial charge >= 0.3 is 11.9 Å². The molecular formula is C23H26ClN4O5P. The van der Waals surface area contributed by atoms with Crippen LogP contribution in [0.1, 0.15) is 19.4 Å². The number of nitrogens with zero attached hydrogens (tertiary/aromatic N) is 3. The van der Waals surface area contributed by atoms with E-state index in [1.165, 1.54) is 27.5 Å². The number of benzene rings is 2. The first-order chi connectivity index (χ1) is 16.1. The minimum atomic E-state index is -0.475. The molecule has 0 saturated heterocycles. The van der Waals surface area contributed by atoms with Crippen molar-refractivity contribution in [2.24, 2.45) is 0 Å². The normalized spacial score (nSPS) is 11.9. The molecule has 0 aliphatic carbocycles. The van der Waals surface area contributed by atoms with Crippen LogP contribution in [-0.4, -0.2) is 54.1 Å². The fourth-order valence-electron chi connectivity index (χ4n) is 3.33. The summed E-state index contributed by atoms with van der Waals surface area (Å²) in [7, 11) is 7.29. The Morgan fingerprint density at radius 2 is 1.91 bits per heavy atom. The summed E-state index contributed by atoms with van der Waals surface area (Å²) in [6.07, 6.45) is 1.42. The van der Waals surface area contributed by atoms with Crippen LogP contribution in [0.4, 0.5) is 11.5 Å². The number of nitrogens with one attached hydrogen (secondary N) is 1. The molecule has 1 N–H and O–H groups in total. The lowest BCUT2D eigenvalue weighted by atomic mass is 10.1. The number of carbonyl (C=O) groups excluding carboxylic acids is 2. The lowest BCUT2D eigenvalue weighted by Gasteiger charge is -2.24. The molecule has 1 heterocycles. The number of esters is 2. The van der Waals surface area contributed by atoms with Gasteiger partial charge in [0.2, 0.25) is 0 Å². The topological polar surface area (TPSA) is 103 Å². The fourth-order valence-corrected chi connectivity index (χ4v) is 3.77. The smallest absolute Gasteiger partial charge is 0.322 e. The largest absolute Gasteiger partial charge is 0.493 e. The van der Waals surface area contributed by atoms with Crippen LogP contribution >= 0.6 is 20.8 Å². The van der Waals surface area contributed by atoms with Gasteiger partial charge in [-0.15, -0.1) is 9.24 Å². The number of rotatable bonds is 8. The first kappa shape index (κ1) is 25.6. The van der Waals surface area contributed by atoms with E-state index in [0.717, 1.165) is 10.9 Å². The molecule has 2 atom stereocenters. The standard InChI is InChI=1S/C23H26ClN4O5P/c1-12(23(30)32-5)28(3)10-14-6-21(34)16(24)8-17(14)27-22-15-7-20(33-13(2)29)19(31-4)9-18(15)25-11-26-22/h6-9,11-12H,10,34H2,1-5H3,(H,25,26,27). The maximum atomic E-state index is 12.0. The number of hydrogen-bond acceptors (Lipinski definition) is 9. The lowest BCUT2D eigenvalue weighted by Crippen LogP contribution is -2.36. The van der Waals surface area contributed by atoms with Gasteiger partial charge in [-0.2, -0.15) is 0 Å². The van der Waals surface area contributed by atoms with Crippen molar-refractivity contribution in [2.75, 3.05) is 26.6 Å². The van der Waals surface area contributed by atoms with E-state index in [1.54, 1.807) is 25.1 Å². The second kappa shape index (κ2) is 11.0. The Bertz CT molecular complexity index is 1240. The molecule has 0 spiro atoms. The minimum Gasteiger partial charge on any atom is -0.493 e. The van der Waals surface area contributed by atoms with E-state index in [1.807, 2.05) is 18.0 Å². The van der Waals surface area contributed by atoms with Crippen molar-refractivity contribution in [3.63, 3.8) is 0 Å². The Morgan fingerprint density at radius 1 is 1.18 bits per heavy atom. The number of carbonyl (C=O) groups is 2. The van der Waals surface area contributed by atoms with Crippen LogP contribution in [-0.2, 0) is 20.9 Å². The van der Waals surface area contributed by atoms with Gasteiger partial charge in [-0.1, -0.05) is 11.6 Å². The number of fused-ring (bicyclic) bond motifs is 1. The van der Waals surface area contributed by atoms with Crippen molar-refractivity contribution in [3.8, 4) is 11.5 Å². The summed E-state index contributed by atoms with van der Waals surface area (Å²) in [4.78, 5) is 34.1. The van der Waals surface area contributed by atoms with E-state index in [0.29, 0.717) is 39.7 Å². The summed E-state index contributed by atoms with van der Waals surface area (Å²) >= 11 is 6.41. The Labute approximate surface area is 205 Å². The highest BCUT2D eigenvalue weighted by Gasteiger charge is 2.21. The molecule has 34 heavy (non-hydrogen) atoms. The van der Waals surface area contributed by atoms with Crippen molar-refractivity contribution in [3.05, 3.63) is 41.2 Å². The van der Waals surface area contributed by atoms with Gasteiger partial charge in [0, 0.05) is 35.6 Å². The third-order valence-corrected chi connectivity index (χ3v) is 6.26. The van der Waals surface area contributed by atoms with Crippen LogP contribution in [0.3, 0.4) is 0 Å². The first-order valence-electron chi connectivity index (χ1n) is 10.3. The maximum absolute atomic E-state index is 12.0. The molecule has 180 valence electrons. The van der Waals surface area contributed by atoms with Crippen molar-refractivity contribution in [1.82, 2.24) is 14.9 Å². The molecule has 9 nitrogen and oxygen atoms in total. The molecule has 3 rings (SSSR count). The van der Waals surface area contributed by atoms with E-state index in [2.05, 4.69) is 24.5 Å². The monoisotopic (exact) mass is 504 g/mol. The third kappa shape index (κ3) is 5.73. The Balaban J connectivity index is 2.04. The highest BCUT2D eigenvalue weighted by atomic mass is 35.5. The summed E-state index contributed by atoms with van der Waals surface area (Å²) in [6.45, 7) is 3.53. The maximum Gasteiger partial charge on any atom is 0.322 e. The number of likely N-dealkylation sites (N-methyl/N-ethyl adjacent to an activating group) is 1. The Kier molecular flexibility index (Phi) is 8.25. The number of halogens is 1. The van der Waals surface area contributed by atoms with Gasteiger partial charge in [0.05, 0.1) is 19.7 Å². The second-order valence-corrected chi connectivity index (χ2v) is 8.64. The molecule has 0 bridgehead atoms. The van der Waals surface area contributed by atoms with Gasteiger partial charge in [-0.3, -0.25) is 14.5 Å². The summed E-state index contributed by atoms with van der Waals surface area (Å²) in [5.74, 6) is 0.314. The summed E-state index contributed by atoms with van der Waals surface area (Å²) < 4.78 is 15.5. The number of aromatic nitrogens is 2. The average Bonchev–Trinajstić information content (AvgIpc) is 2.80. The molecule has 3 aromatic rings. The van der Waals surface area contributed by atoms with Crippen LogP contribution in [0, 0.1) is 0 Å². The minimum absolute atomic E-state index is 0.255. The predicted octanol–water partition coefficient (Wildman–Crippen LogP) is 3.45. The number of hydrogen-bond donors (Lipinski definition) is 1. The van der Waals surface area contributed by atoms with Crippen LogP contribution in [0.25, 0.3) is 10.9 Å². The van der Waals surface area contributed by atoms with Gasteiger partial charge in [-0.25, -0.2) is 9.97 Å². The summed E-state index contributed by atoms with van der Waals surface area (Å²) in [5, 5.41) is 5.30. The number of methoxy groups -OCH3 is 2. The van der Waals surface area contributed by atoms with E-state index in [9.17, 15) is 9.59 Å². The van der Waals surface area contributed by atoms with E-state index in [4.69, 9.17) is 25.8 Å². The third-order valence-electron chi connectivity index (χ3n) is 5.27. The van der Waals surface area contributed by atoms with Crippen LogP contribution in [0.15, 0.2) is 30.6 Å². The van der Waals surface area contributed by atoms with Crippen molar-refractivity contribution < 1.29 is 23.8 Å². The van der Waals surface area contributed by atoms with Gasteiger partial charge in [0.15, 0.2) is 11.5 Å². The van der Waals surface area contributed by atoms with Gasteiger partial charge < -0.3 is 19.5 Å². The molecular weight excluding hydrogens is 479 g/mol. The van der Waals surface area contributed by atoms with Crippen LogP contribution in [0.2, 0.25) is 5.02 Å². The second-order valence-electron chi connectivity index (χ2n) is 7.61. The van der Waals surface area contributed by atoms with E-state index >= 15 is 0 Å². The average molecular weight is 505 g/mol. The Hall–Kier alpha value is -3.00. The van der Waals surface area contributed by atoms with Gasteiger partial charge in [-0.05, 0) is 43.0 Å². The zero-order valence-corrected chi connectivity index (χ0v) is 21.4. The molecule has 0 aliphatic heterocycles. The first-order valence-corrected chi connectivity index (χ1v) is 11.2. The van der Waals surface area contributed by atoms with Crippen molar-refractivity contribution in [2.45, 2.75) is 26.4 Å². The van der Waals surface area contributed by atoms with Gasteiger partial charge in [0.25, 0.3) is 0 Å². The molecule has 0 amide bonds. The molecule has 0 aliphatic rings. The number of ether oxygens (including phenoxy) is 3. The molecule has 0 saturated carbocycles. The predicted molar refractivity (Wildman–Crippen MR) is 134 cm³/mol. The highest BCUT2D eigenvalue weighted by Crippen LogP contribution is 2.35. The Morgan fingerprint density at radius 3 is 2.56 bits per heavy atom. The van der Waals surface area contributed by atoms with Gasteiger partial charge in [0.1, 0.15) is 18.2 Å². The molecule has 1 aromatic heterocycles. The van der Waals surface area contributed by atoms with Crippen molar-refractivity contribution >= 4 is 60.5 Å². The zero-order valence-electron chi connectivity index (χ0n) is 19.5. The molecule has 0 fully saturated rings. The van der Waals surface area contributed by atoms with Crippen molar-refractivity contribution in [1.29, 1.82) is 0 Å². The zero-order chi connectivity index (χ0) is 25.0. The molecule has 2 aromatic carbocycles. The molecule has 11 heteroatoms.